The minimum absolute atomic E-state index is 0.0721. The van der Waals surface area contributed by atoms with Crippen molar-refractivity contribution in [1.82, 2.24) is 25.1 Å². The largest absolute Gasteiger partial charge is 0.353 e. The third-order valence-corrected chi connectivity index (χ3v) is 7.09. The first-order chi connectivity index (χ1) is 18.1. The van der Waals surface area contributed by atoms with Gasteiger partial charge in [0.05, 0.1) is 40.7 Å². The quantitative estimate of drug-likeness (QED) is 0.302. The maximum atomic E-state index is 12.2. The molecule has 3 aromatic heterocycles. The van der Waals surface area contributed by atoms with Gasteiger partial charge in [0.1, 0.15) is 5.69 Å². The summed E-state index contributed by atoms with van der Waals surface area (Å²) >= 11 is 0. The lowest BCUT2D eigenvalue weighted by Crippen LogP contribution is -2.29. The normalized spacial score (nSPS) is 16.0. The fourth-order valence-corrected chi connectivity index (χ4v) is 4.85. The molecule has 1 aromatic carbocycles. The van der Waals surface area contributed by atoms with E-state index >= 15 is 0 Å². The van der Waals surface area contributed by atoms with Gasteiger partial charge >= 0.3 is 0 Å². The number of amides is 1. The van der Waals surface area contributed by atoms with Crippen molar-refractivity contribution in [3.8, 4) is 11.1 Å². The maximum Gasteiger partial charge on any atom is 0.227 e. The van der Waals surface area contributed by atoms with E-state index in [1.165, 1.54) is 19.3 Å². The summed E-state index contributed by atoms with van der Waals surface area (Å²) in [6, 6.07) is 12.2. The second-order valence-corrected chi connectivity index (χ2v) is 10.0. The highest BCUT2D eigenvalue weighted by Gasteiger charge is 2.29. The molecule has 0 atom stereocenters. The molecule has 0 radical (unpaired) electrons. The highest BCUT2D eigenvalue weighted by molar-refractivity contribution is 5.96. The highest BCUT2D eigenvalue weighted by atomic mass is 16.2. The lowest BCUT2D eigenvalue weighted by molar-refractivity contribution is -0.117. The van der Waals surface area contributed by atoms with Crippen LogP contribution in [0.2, 0.25) is 0 Å². The van der Waals surface area contributed by atoms with E-state index in [1.54, 1.807) is 12.4 Å². The summed E-state index contributed by atoms with van der Waals surface area (Å²) in [5.74, 6) is 0.219. The minimum atomic E-state index is 0.0721. The predicted octanol–water partition coefficient (Wildman–Crippen LogP) is 5.44. The fourth-order valence-electron chi connectivity index (χ4n) is 4.85. The second kappa shape index (κ2) is 10.1. The third-order valence-electron chi connectivity index (χ3n) is 7.09. The van der Waals surface area contributed by atoms with Crippen LogP contribution in [0.1, 0.15) is 43.5 Å². The van der Waals surface area contributed by atoms with Gasteiger partial charge < -0.3 is 10.6 Å². The van der Waals surface area contributed by atoms with Crippen LogP contribution in [0.15, 0.2) is 61.6 Å². The number of carbonyl (C=O) groups excluding carboxylic acids is 1. The summed E-state index contributed by atoms with van der Waals surface area (Å²) in [5.41, 5.74) is 6.95. The minimum Gasteiger partial charge on any atom is -0.353 e. The number of likely N-dealkylation sites (tertiary alicyclic amines) is 1. The molecule has 8 nitrogen and oxygen atoms in total. The number of aromatic nitrogens is 4. The molecule has 2 fully saturated rings. The Balaban J connectivity index is 1.17. The number of anilines is 2. The molecule has 188 valence electrons. The number of hydrogen-bond donors (Lipinski definition) is 3. The van der Waals surface area contributed by atoms with E-state index in [0.29, 0.717) is 11.4 Å². The van der Waals surface area contributed by atoms with Crippen molar-refractivity contribution in [2.24, 2.45) is 5.92 Å². The summed E-state index contributed by atoms with van der Waals surface area (Å²) in [7, 11) is 0. The number of rotatable bonds is 8. The molecule has 0 unspecified atom stereocenters. The monoisotopic (exact) mass is 493 g/mol. The van der Waals surface area contributed by atoms with Gasteiger partial charge in [0.15, 0.2) is 0 Å². The van der Waals surface area contributed by atoms with E-state index in [4.69, 9.17) is 0 Å². The standard InChI is InChI=1S/C29H31N7O/c1-19(32-23-8-9-24(31-17-23)18-36-11-3-2-4-12-36)28-26-14-21(7-10-27(26)34-35-28)22-13-25(16-30-15-22)33-29(37)20-5-6-20/h7-10,13-17,20,32H,1-6,11-12,18H2,(H,33,37)(H,34,35). The molecule has 37 heavy (non-hydrogen) atoms. The lowest BCUT2D eigenvalue weighted by atomic mass is 10.0. The van der Waals surface area contributed by atoms with Crippen molar-refractivity contribution >= 4 is 33.9 Å². The summed E-state index contributed by atoms with van der Waals surface area (Å²) < 4.78 is 0. The summed E-state index contributed by atoms with van der Waals surface area (Å²) in [4.78, 5) is 23.6. The third kappa shape index (κ3) is 5.39. The van der Waals surface area contributed by atoms with Crippen LogP contribution < -0.4 is 10.6 Å². The number of nitrogens with zero attached hydrogens (tertiary/aromatic N) is 4. The Bertz CT molecular complexity index is 1430. The molecule has 2 aliphatic rings. The molecular formula is C29H31N7O. The van der Waals surface area contributed by atoms with Crippen molar-refractivity contribution in [3.05, 3.63) is 73.0 Å². The Morgan fingerprint density at radius 3 is 2.62 bits per heavy atom. The molecule has 4 aromatic rings. The van der Waals surface area contributed by atoms with E-state index in [-0.39, 0.29) is 11.8 Å². The molecule has 0 bridgehead atoms. The SMILES string of the molecule is C=C(Nc1ccc(CN2CCCCC2)nc1)c1n[nH]c2ccc(-c3cncc(NC(=O)C4CC4)c3)cc12. The molecule has 3 N–H and O–H groups in total. The van der Waals surface area contributed by atoms with Crippen molar-refractivity contribution in [1.29, 1.82) is 0 Å². The first-order valence-electron chi connectivity index (χ1n) is 13.0. The zero-order chi connectivity index (χ0) is 25.2. The zero-order valence-electron chi connectivity index (χ0n) is 20.8. The Labute approximate surface area is 216 Å². The number of pyridine rings is 2. The van der Waals surface area contributed by atoms with Gasteiger partial charge in [0.25, 0.3) is 0 Å². The van der Waals surface area contributed by atoms with Gasteiger partial charge in [-0.25, -0.2) is 0 Å². The van der Waals surface area contributed by atoms with E-state index in [0.717, 1.165) is 71.6 Å². The average Bonchev–Trinajstić information content (AvgIpc) is 3.69. The zero-order valence-corrected chi connectivity index (χ0v) is 20.8. The van der Waals surface area contributed by atoms with E-state index in [2.05, 4.69) is 54.4 Å². The van der Waals surface area contributed by atoms with Crippen molar-refractivity contribution in [2.75, 3.05) is 23.7 Å². The smallest absolute Gasteiger partial charge is 0.227 e. The molecule has 8 heteroatoms. The van der Waals surface area contributed by atoms with E-state index in [1.807, 2.05) is 30.5 Å². The Kier molecular flexibility index (Phi) is 6.40. The summed E-state index contributed by atoms with van der Waals surface area (Å²) in [5, 5.41) is 14.9. The molecule has 0 spiro atoms. The van der Waals surface area contributed by atoms with Gasteiger partial charge in [-0.1, -0.05) is 19.1 Å². The van der Waals surface area contributed by atoms with Crippen molar-refractivity contribution < 1.29 is 4.79 Å². The van der Waals surface area contributed by atoms with Crippen LogP contribution in [0.3, 0.4) is 0 Å². The van der Waals surface area contributed by atoms with Gasteiger partial charge in [-0.3, -0.25) is 24.8 Å². The van der Waals surface area contributed by atoms with Gasteiger partial charge in [-0.2, -0.15) is 5.10 Å². The fraction of sp³-hybridized carbons (Fsp3) is 0.310. The van der Waals surface area contributed by atoms with Crippen LogP contribution in [0.4, 0.5) is 11.4 Å². The number of H-pyrrole nitrogens is 1. The summed E-state index contributed by atoms with van der Waals surface area (Å²) in [6.07, 6.45) is 11.2. The molecule has 6 rings (SSSR count). The van der Waals surface area contributed by atoms with Gasteiger partial charge in [0, 0.05) is 29.6 Å². The van der Waals surface area contributed by atoms with Crippen LogP contribution in [-0.2, 0) is 11.3 Å². The molecule has 1 saturated carbocycles. The number of benzene rings is 1. The molecule has 1 aliphatic carbocycles. The molecule has 4 heterocycles. The van der Waals surface area contributed by atoms with Crippen molar-refractivity contribution in [2.45, 2.75) is 38.6 Å². The van der Waals surface area contributed by atoms with Crippen LogP contribution in [0, 0.1) is 5.92 Å². The van der Waals surface area contributed by atoms with Gasteiger partial charge in [0.2, 0.25) is 5.91 Å². The molecular weight excluding hydrogens is 462 g/mol. The number of carbonyl (C=O) groups is 1. The molecule has 1 amide bonds. The first-order valence-corrected chi connectivity index (χ1v) is 13.0. The van der Waals surface area contributed by atoms with Crippen LogP contribution in [0.5, 0.6) is 0 Å². The molecule has 1 saturated heterocycles. The summed E-state index contributed by atoms with van der Waals surface area (Å²) in [6.45, 7) is 7.45. The lowest BCUT2D eigenvalue weighted by Gasteiger charge is -2.25. The topological polar surface area (TPSA) is 98.8 Å². The molecule has 1 aliphatic heterocycles. The highest BCUT2D eigenvalue weighted by Crippen LogP contribution is 2.32. The average molecular weight is 494 g/mol. The number of hydrogen-bond acceptors (Lipinski definition) is 6. The van der Waals surface area contributed by atoms with Crippen LogP contribution >= 0.6 is 0 Å². The van der Waals surface area contributed by atoms with Crippen LogP contribution in [-0.4, -0.2) is 44.1 Å². The first kappa shape index (κ1) is 23.4. The van der Waals surface area contributed by atoms with Crippen molar-refractivity contribution in [3.63, 3.8) is 0 Å². The van der Waals surface area contributed by atoms with Gasteiger partial charge in [-0.15, -0.1) is 0 Å². The predicted molar refractivity (Wildman–Crippen MR) is 147 cm³/mol. The Morgan fingerprint density at radius 2 is 1.84 bits per heavy atom. The van der Waals surface area contributed by atoms with E-state index < -0.39 is 0 Å². The Hall–Kier alpha value is -4.04. The number of fused-ring (bicyclic) bond motifs is 1. The number of nitrogens with one attached hydrogen (secondary N) is 3. The van der Waals surface area contributed by atoms with E-state index in [9.17, 15) is 4.79 Å². The Morgan fingerprint density at radius 1 is 0.973 bits per heavy atom. The number of aromatic amines is 1. The van der Waals surface area contributed by atoms with Gasteiger partial charge in [-0.05, 0) is 74.7 Å². The van der Waals surface area contributed by atoms with Crippen LogP contribution in [0.25, 0.3) is 27.7 Å². The second-order valence-electron chi connectivity index (χ2n) is 10.0. The maximum absolute atomic E-state index is 12.2. The number of piperidine rings is 1.